The molecular formula is C24H30FN5O2. The summed E-state index contributed by atoms with van der Waals surface area (Å²) in [5, 5.41) is 2.95. The Morgan fingerprint density at radius 1 is 1.16 bits per heavy atom. The molecule has 0 aromatic heterocycles. The first kappa shape index (κ1) is 22.1. The van der Waals surface area contributed by atoms with Gasteiger partial charge in [0.15, 0.2) is 5.96 Å². The molecule has 2 aromatic carbocycles. The Morgan fingerprint density at radius 3 is 2.66 bits per heavy atom. The van der Waals surface area contributed by atoms with Crippen molar-refractivity contribution in [3.8, 4) is 0 Å². The van der Waals surface area contributed by atoms with Crippen LogP contribution in [0.5, 0.6) is 0 Å². The van der Waals surface area contributed by atoms with Crippen molar-refractivity contribution in [2.24, 2.45) is 10.7 Å². The number of amides is 1. The fourth-order valence-corrected chi connectivity index (χ4v) is 4.04. The quantitative estimate of drug-likeness (QED) is 0.533. The molecule has 2 fully saturated rings. The maximum Gasteiger partial charge on any atom is 0.251 e. The summed E-state index contributed by atoms with van der Waals surface area (Å²) in [6, 6.07) is 14.0. The molecule has 0 bridgehead atoms. The first-order chi connectivity index (χ1) is 15.6. The van der Waals surface area contributed by atoms with Gasteiger partial charge in [0, 0.05) is 50.6 Å². The highest BCUT2D eigenvalue weighted by Crippen LogP contribution is 2.17. The highest BCUT2D eigenvalue weighted by Gasteiger charge is 2.19. The third-order valence-electron chi connectivity index (χ3n) is 5.92. The highest BCUT2D eigenvalue weighted by molar-refractivity contribution is 5.94. The second-order valence-electron chi connectivity index (χ2n) is 8.17. The van der Waals surface area contributed by atoms with Crippen LogP contribution in [0, 0.1) is 5.82 Å². The van der Waals surface area contributed by atoms with Gasteiger partial charge in [0.2, 0.25) is 0 Å². The second kappa shape index (κ2) is 10.5. The van der Waals surface area contributed by atoms with E-state index in [0.29, 0.717) is 24.6 Å². The number of carbonyl (C=O) groups excluding carboxylic acids is 1. The zero-order valence-corrected chi connectivity index (χ0v) is 18.2. The molecule has 2 saturated heterocycles. The van der Waals surface area contributed by atoms with Crippen LogP contribution in [0.15, 0.2) is 53.5 Å². The number of piperazine rings is 1. The third-order valence-corrected chi connectivity index (χ3v) is 5.92. The van der Waals surface area contributed by atoms with E-state index in [1.165, 1.54) is 12.1 Å². The Hall–Kier alpha value is -3.13. The minimum absolute atomic E-state index is 0.101. The topological polar surface area (TPSA) is 83.2 Å². The number of halogens is 1. The molecule has 4 rings (SSSR count). The Labute approximate surface area is 188 Å². The lowest BCUT2D eigenvalue weighted by atomic mass is 10.1. The molecule has 0 radical (unpaired) electrons. The van der Waals surface area contributed by atoms with Gasteiger partial charge in [-0.2, -0.15) is 0 Å². The maximum absolute atomic E-state index is 13.1. The van der Waals surface area contributed by atoms with Crippen molar-refractivity contribution in [1.82, 2.24) is 10.2 Å². The Kier molecular flexibility index (Phi) is 7.21. The van der Waals surface area contributed by atoms with Crippen LogP contribution in [0.4, 0.5) is 10.1 Å². The number of aliphatic imine (C=N–C) groups is 1. The van der Waals surface area contributed by atoms with Gasteiger partial charge in [0.25, 0.3) is 5.91 Å². The molecule has 3 N–H and O–H groups in total. The molecule has 170 valence electrons. The number of guanidine groups is 1. The fraction of sp³-hybridized carbons (Fsp3) is 0.417. The van der Waals surface area contributed by atoms with Crippen LogP contribution >= 0.6 is 0 Å². The molecular weight excluding hydrogens is 409 g/mol. The highest BCUT2D eigenvalue weighted by atomic mass is 19.1. The van der Waals surface area contributed by atoms with Gasteiger partial charge in [-0.3, -0.25) is 4.79 Å². The summed E-state index contributed by atoms with van der Waals surface area (Å²) in [7, 11) is 0. The Morgan fingerprint density at radius 2 is 1.94 bits per heavy atom. The summed E-state index contributed by atoms with van der Waals surface area (Å²) in [6.45, 7) is 4.81. The van der Waals surface area contributed by atoms with Crippen LogP contribution in [-0.4, -0.2) is 62.2 Å². The molecule has 32 heavy (non-hydrogen) atoms. The summed E-state index contributed by atoms with van der Waals surface area (Å²) < 4.78 is 18.7. The van der Waals surface area contributed by atoms with Gasteiger partial charge < -0.3 is 25.6 Å². The molecule has 0 spiro atoms. The van der Waals surface area contributed by atoms with E-state index in [0.717, 1.165) is 56.9 Å². The standard InChI is InChI=1S/C24H30FN5O2/c25-20-6-8-21(9-7-20)29-10-12-30(13-11-29)24(26)28-16-18-3-1-4-19(15-18)23(31)27-17-22-5-2-14-32-22/h1,3-4,6-9,15,22H,2,5,10-14,16-17H2,(H2,26,28)(H,27,31). The number of carbonyl (C=O) groups is 1. The molecule has 0 saturated carbocycles. The van der Waals surface area contributed by atoms with E-state index in [-0.39, 0.29) is 17.8 Å². The molecule has 1 amide bonds. The minimum atomic E-state index is -0.229. The first-order valence-electron chi connectivity index (χ1n) is 11.1. The summed E-state index contributed by atoms with van der Waals surface area (Å²) in [6.07, 6.45) is 2.17. The average molecular weight is 440 g/mol. The maximum atomic E-state index is 13.1. The van der Waals surface area contributed by atoms with Crippen molar-refractivity contribution in [2.75, 3.05) is 44.2 Å². The van der Waals surface area contributed by atoms with Crippen LogP contribution in [0.2, 0.25) is 0 Å². The number of rotatable bonds is 6. The molecule has 7 nitrogen and oxygen atoms in total. The molecule has 2 aliphatic heterocycles. The number of anilines is 1. The molecule has 8 heteroatoms. The first-order valence-corrected chi connectivity index (χ1v) is 11.1. The summed E-state index contributed by atoms with van der Waals surface area (Å²) in [4.78, 5) is 21.2. The summed E-state index contributed by atoms with van der Waals surface area (Å²) in [5.74, 6) is 0.168. The number of nitrogens with one attached hydrogen (secondary N) is 1. The van der Waals surface area contributed by atoms with Crippen molar-refractivity contribution < 1.29 is 13.9 Å². The van der Waals surface area contributed by atoms with Gasteiger partial charge in [-0.1, -0.05) is 12.1 Å². The number of hydrogen-bond donors (Lipinski definition) is 2. The van der Waals surface area contributed by atoms with E-state index < -0.39 is 0 Å². The van der Waals surface area contributed by atoms with Crippen molar-refractivity contribution in [2.45, 2.75) is 25.5 Å². The van der Waals surface area contributed by atoms with Crippen LogP contribution in [-0.2, 0) is 11.3 Å². The van der Waals surface area contributed by atoms with Gasteiger partial charge in [-0.25, -0.2) is 9.38 Å². The predicted molar refractivity (Wildman–Crippen MR) is 123 cm³/mol. The van der Waals surface area contributed by atoms with Crippen LogP contribution in [0.3, 0.4) is 0 Å². The van der Waals surface area contributed by atoms with Crippen LogP contribution in [0.25, 0.3) is 0 Å². The van der Waals surface area contributed by atoms with E-state index in [4.69, 9.17) is 10.5 Å². The molecule has 2 heterocycles. The van der Waals surface area contributed by atoms with Crippen LogP contribution < -0.4 is 16.0 Å². The van der Waals surface area contributed by atoms with Crippen LogP contribution in [0.1, 0.15) is 28.8 Å². The van der Waals surface area contributed by atoms with E-state index in [1.807, 2.05) is 18.2 Å². The van der Waals surface area contributed by atoms with E-state index in [9.17, 15) is 9.18 Å². The van der Waals surface area contributed by atoms with Gasteiger partial charge in [-0.15, -0.1) is 0 Å². The van der Waals surface area contributed by atoms with E-state index in [1.54, 1.807) is 18.2 Å². The predicted octanol–water partition coefficient (Wildman–Crippen LogP) is 2.37. The van der Waals surface area contributed by atoms with E-state index >= 15 is 0 Å². The Balaban J connectivity index is 1.27. The lowest BCUT2D eigenvalue weighted by Gasteiger charge is -2.36. The molecule has 2 aromatic rings. The monoisotopic (exact) mass is 439 g/mol. The van der Waals surface area contributed by atoms with Crippen molar-refractivity contribution >= 4 is 17.6 Å². The molecule has 2 aliphatic rings. The van der Waals surface area contributed by atoms with Crippen molar-refractivity contribution in [3.63, 3.8) is 0 Å². The zero-order chi connectivity index (χ0) is 22.3. The Bertz CT molecular complexity index is 936. The lowest BCUT2D eigenvalue weighted by molar-refractivity contribution is 0.0857. The number of nitrogens with zero attached hydrogens (tertiary/aromatic N) is 3. The second-order valence-corrected chi connectivity index (χ2v) is 8.17. The summed E-state index contributed by atoms with van der Waals surface area (Å²) in [5.41, 5.74) is 8.79. The molecule has 1 unspecified atom stereocenters. The smallest absolute Gasteiger partial charge is 0.251 e. The fourth-order valence-electron chi connectivity index (χ4n) is 4.04. The molecule has 0 aliphatic carbocycles. The van der Waals surface area contributed by atoms with Gasteiger partial charge in [0.1, 0.15) is 5.82 Å². The largest absolute Gasteiger partial charge is 0.376 e. The minimum Gasteiger partial charge on any atom is -0.376 e. The van der Waals surface area contributed by atoms with Crippen molar-refractivity contribution in [1.29, 1.82) is 0 Å². The van der Waals surface area contributed by atoms with Gasteiger partial charge >= 0.3 is 0 Å². The zero-order valence-electron chi connectivity index (χ0n) is 18.2. The number of benzene rings is 2. The molecule has 1 atom stereocenters. The lowest BCUT2D eigenvalue weighted by Crippen LogP contribution is -2.51. The average Bonchev–Trinajstić information content (AvgIpc) is 3.35. The van der Waals surface area contributed by atoms with Gasteiger partial charge in [-0.05, 0) is 54.8 Å². The number of ether oxygens (including phenoxy) is 1. The number of hydrogen-bond acceptors (Lipinski definition) is 4. The van der Waals surface area contributed by atoms with Crippen molar-refractivity contribution in [3.05, 3.63) is 65.5 Å². The third kappa shape index (κ3) is 5.76. The van der Waals surface area contributed by atoms with Gasteiger partial charge in [0.05, 0.1) is 12.6 Å². The summed E-state index contributed by atoms with van der Waals surface area (Å²) >= 11 is 0. The number of nitrogens with two attached hydrogens (primary N) is 1. The normalized spacial score (nSPS) is 19.3. The SMILES string of the molecule is NC(=NCc1cccc(C(=O)NCC2CCCO2)c1)N1CCN(c2ccc(F)cc2)CC1. The van der Waals surface area contributed by atoms with E-state index in [2.05, 4.69) is 20.1 Å².